The van der Waals surface area contributed by atoms with E-state index in [0.717, 1.165) is 17.8 Å². The number of aromatic nitrogens is 2. The first-order valence-corrected chi connectivity index (χ1v) is 7.38. The molecule has 0 aliphatic carbocycles. The topological polar surface area (TPSA) is 50.2 Å². The van der Waals surface area contributed by atoms with Gasteiger partial charge in [-0.2, -0.15) is 18.3 Å². The first kappa shape index (κ1) is 16.6. The van der Waals surface area contributed by atoms with Crippen LogP contribution < -0.4 is 5.43 Å². The second kappa shape index (κ2) is 7.12. The van der Waals surface area contributed by atoms with Crippen LogP contribution >= 0.6 is 0 Å². The summed E-state index contributed by atoms with van der Waals surface area (Å²) in [6.07, 6.45) is -2.01. The fourth-order valence-electron chi connectivity index (χ4n) is 2.11. The molecule has 0 fully saturated rings. The van der Waals surface area contributed by atoms with Crippen LogP contribution in [0.15, 0.2) is 78.2 Å². The Morgan fingerprint density at radius 1 is 0.880 bits per heavy atom. The zero-order valence-electron chi connectivity index (χ0n) is 12.9. The zero-order chi connectivity index (χ0) is 17.7. The van der Waals surface area contributed by atoms with Crippen LogP contribution in [0.3, 0.4) is 0 Å². The highest BCUT2D eigenvalue weighted by molar-refractivity contribution is 6.11. The number of hydrazone groups is 1. The molecule has 2 aromatic heterocycles. The van der Waals surface area contributed by atoms with Gasteiger partial charge in [-0.1, -0.05) is 36.4 Å². The third kappa shape index (κ3) is 4.20. The fourth-order valence-corrected chi connectivity index (χ4v) is 2.11. The smallest absolute Gasteiger partial charge is 0.261 e. The summed E-state index contributed by atoms with van der Waals surface area (Å²) in [5.41, 5.74) is 3.89. The molecule has 2 heterocycles. The average molecular weight is 342 g/mol. The van der Waals surface area contributed by atoms with Gasteiger partial charge in [0.15, 0.2) is 0 Å². The summed E-state index contributed by atoms with van der Waals surface area (Å²) in [6.45, 7) is 0. The molecule has 1 N–H and O–H groups in total. The Morgan fingerprint density at radius 2 is 1.64 bits per heavy atom. The van der Waals surface area contributed by atoms with Gasteiger partial charge in [-0.25, -0.2) is 4.98 Å². The molecule has 0 aliphatic rings. The van der Waals surface area contributed by atoms with Crippen molar-refractivity contribution in [3.63, 3.8) is 0 Å². The Morgan fingerprint density at radius 3 is 2.24 bits per heavy atom. The molecule has 3 aromatic rings. The standard InChI is InChI=1S/C18H13F3N4/c19-18(20,21)14-9-10-16(23-12-14)24-25-17(13-6-2-1-3-7-13)15-8-4-5-11-22-15/h1-12H,(H,23,24)/b25-17-. The van der Waals surface area contributed by atoms with Crippen molar-refractivity contribution in [1.82, 2.24) is 9.97 Å². The van der Waals surface area contributed by atoms with E-state index in [1.165, 1.54) is 6.07 Å². The van der Waals surface area contributed by atoms with Crippen LogP contribution in [0.1, 0.15) is 16.8 Å². The van der Waals surface area contributed by atoms with E-state index in [4.69, 9.17) is 0 Å². The molecule has 0 radical (unpaired) electrons. The van der Waals surface area contributed by atoms with Crippen molar-refractivity contribution in [2.45, 2.75) is 6.18 Å². The minimum absolute atomic E-state index is 0.206. The van der Waals surface area contributed by atoms with E-state index < -0.39 is 11.7 Å². The van der Waals surface area contributed by atoms with Crippen LogP contribution in [0.25, 0.3) is 0 Å². The number of hydrogen-bond acceptors (Lipinski definition) is 4. The van der Waals surface area contributed by atoms with Gasteiger partial charge >= 0.3 is 6.18 Å². The van der Waals surface area contributed by atoms with Crippen molar-refractivity contribution in [2.24, 2.45) is 5.10 Å². The number of halogens is 3. The van der Waals surface area contributed by atoms with Crippen LogP contribution in [0.2, 0.25) is 0 Å². The van der Waals surface area contributed by atoms with Gasteiger partial charge in [0, 0.05) is 18.0 Å². The molecular weight excluding hydrogens is 329 g/mol. The molecule has 1 aromatic carbocycles. The molecule has 3 rings (SSSR count). The first-order valence-electron chi connectivity index (χ1n) is 7.38. The molecular formula is C18H13F3N4. The Hall–Kier alpha value is -3.22. The lowest BCUT2D eigenvalue weighted by atomic mass is 10.1. The van der Waals surface area contributed by atoms with Crippen LogP contribution in [0, 0.1) is 0 Å². The van der Waals surface area contributed by atoms with Gasteiger partial charge in [-0.15, -0.1) is 0 Å². The van der Waals surface area contributed by atoms with Crippen molar-refractivity contribution in [2.75, 3.05) is 5.43 Å². The van der Waals surface area contributed by atoms with Crippen LogP contribution in [-0.4, -0.2) is 15.7 Å². The van der Waals surface area contributed by atoms with Crippen molar-refractivity contribution in [3.05, 3.63) is 89.9 Å². The van der Waals surface area contributed by atoms with Crippen molar-refractivity contribution >= 4 is 11.5 Å². The van der Waals surface area contributed by atoms with Crippen molar-refractivity contribution in [3.8, 4) is 0 Å². The number of anilines is 1. The minimum Gasteiger partial charge on any atom is -0.261 e. The Labute approximate surface area is 142 Å². The molecule has 0 saturated heterocycles. The molecule has 25 heavy (non-hydrogen) atoms. The highest BCUT2D eigenvalue weighted by Crippen LogP contribution is 2.28. The van der Waals surface area contributed by atoms with Gasteiger partial charge in [-0.3, -0.25) is 10.4 Å². The van der Waals surface area contributed by atoms with Gasteiger partial charge in [0.05, 0.1) is 11.3 Å². The van der Waals surface area contributed by atoms with E-state index in [-0.39, 0.29) is 5.82 Å². The van der Waals surface area contributed by atoms with Gasteiger partial charge in [0.1, 0.15) is 11.5 Å². The summed E-state index contributed by atoms with van der Waals surface area (Å²) < 4.78 is 37.7. The van der Waals surface area contributed by atoms with E-state index >= 15 is 0 Å². The quantitative estimate of drug-likeness (QED) is 0.566. The third-order valence-electron chi connectivity index (χ3n) is 3.33. The number of hydrogen-bond donors (Lipinski definition) is 1. The summed E-state index contributed by atoms with van der Waals surface area (Å²) in [5, 5.41) is 4.29. The zero-order valence-corrected chi connectivity index (χ0v) is 12.9. The van der Waals surface area contributed by atoms with E-state index in [1.54, 1.807) is 18.3 Å². The predicted molar refractivity (Wildman–Crippen MR) is 89.2 cm³/mol. The molecule has 0 saturated carbocycles. The maximum Gasteiger partial charge on any atom is 0.417 e. The summed E-state index contributed by atoms with van der Waals surface area (Å²) in [4.78, 5) is 8.02. The van der Waals surface area contributed by atoms with Gasteiger partial charge in [0.25, 0.3) is 0 Å². The summed E-state index contributed by atoms with van der Waals surface area (Å²) in [6, 6.07) is 17.0. The second-order valence-electron chi connectivity index (χ2n) is 5.08. The van der Waals surface area contributed by atoms with E-state index in [9.17, 15) is 13.2 Å². The van der Waals surface area contributed by atoms with Gasteiger partial charge < -0.3 is 0 Å². The summed E-state index contributed by atoms with van der Waals surface area (Å²) >= 11 is 0. The highest BCUT2D eigenvalue weighted by Gasteiger charge is 2.30. The SMILES string of the molecule is FC(F)(F)c1ccc(N/N=C(/c2ccccc2)c2ccccn2)nc1. The molecule has 0 atom stereocenters. The lowest BCUT2D eigenvalue weighted by Gasteiger charge is -2.09. The molecule has 7 heteroatoms. The number of nitrogens with zero attached hydrogens (tertiary/aromatic N) is 3. The van der Waals surface area contributed by atoms with Crippen LogP contribution in [-0.2, 0) is 6.18 Å². The van der Waals surface area contributed by atoms with Crippen molar-refractivity contribution in [1.29, 1.82) is 0 Å². The average Bonchev–Trinajstić information content (AvgIpc) is 2.63. The Balaban J connectivity index is 1.89. The minimum atomic E-state index is -4.42. The fraction of sp³-hybridized carbons (Fsp3) is 0.0556. The molecule has 0 amide bonds. The molecule has 0 bridgehead atoms. The van der Waals surface area contributed by atoms with E-state index in [2.05, 4.69) is 20.5 Å². The number of nitrogens with one attached hydrogen (secondary N) is 1. The number of benzene rings is 1. The van der Waals surface area contributed by atoms with Crippen LogP contribution in [0.5, 0.6) is 0 Å². The van der Waals surface area contributed by atoms with Crippen molar-refractivity contribution < 1.29 is 13.2 Å². The maximum absolute atomic E-state index is 12.6. The van der Waals surface area contributed by atoms with E-state index in [1.807, 2.05) is 36.4 Å². The number of rotatable bonds is 4. The lowest BCUT2D eigenvalue weighted by molar-refractivity contribution is -0.137. The summed E-state index contributed by atoms with van der Waals surface area (Å²) in [7, 11) is 0. The molecule has 0 spiro atoms. The largest absolute Gasteiger partial charge is 0.417 e. The molecule has 4 nitrogen and oxygen atoms in total. The second-order valence-corrected chi connectivity index (χ2v) is 5.08. The van der Waals surface area contributed by atoms with Gasteiger partial charge in [-0.05, 0) is 24.3 Å². The highest BCUT2D eigenvalue weighted by atomic mass is 19.4. The summed E-state index contributed by atoms with van der Waals surface area (Å²) in [5.74, 6) is 0.206. The maximum atomic E-state index is 12.6. The van der Waals surface area contributed by atoms with Crippen LogP contribution in [0.4, 0.5) is 19.0 Å². The molecule has 0 unspecified atom stereocenters. The number of pyridine rings is 2. The number of alkyl halides is 3. The monoisotopic (exact) mass is 342 g/mol. The lowest BCUT2D eigenvalue weighted by Crippen LogP contribution is -2.09. The Kier molecular flexibility index (Phi) is 4.74. The Bertz CT molecular complexity index is 803. The first-order chi connectivity index (χ1) is 12.0. The van der Waals surface area contributed by atoms with E-state index in [0.29, 0.717) is 11.4 Å². The molecule has 0 aliphatic heterocycles. The normalized spacial score (nSPS) is 12.0. The van der Waals surface area contributed by atoms with Gasteiger partial charge in [0.2, 0.25) is 0 Å². The third-order valence-corrected chi connectivity index (χ3v) is 3.33. The predicted octanol–water partition coefficient (Wildman–Crippen LogP) is 4.36. The molecule has 126 valence electrons.